The maximum absolute atomic E-state index is 14.1. The lowest BCUT2D eigenvalue weighted by molar-refractivity contribution is 0.0461. The van der Waals surface area contributed by atoms with Crippen molar-refractivity contribution in [3.8, 4) is 5.75 Å². The third kappa shape index (κ3) is 5.41. The van der Waals surface area contributed by atoms with E-state index in [1.807, 2.05) is 0 Å². The van der Waals surface area contributed by atoms with Crippen LogP contribution in [0.2, 0.25) is 10.0 Å². The first kappa shape index (κ1) is 25.2. The van der Waals surface area contributed by atoms with Crippen molar-refractivity contribution in [2.24, 2.45) is 23.5 Å². The minimum atomic E-state index is -1.28. The van der Waals surface area contributed by atoms with Crippen molar-refractivity contribution in [3.63, 3.8) is 0 Å². The zero-order chi connectivity index (χ0) is 24.4. The topological polar surface area (TPSA) is 72.6 Å². The second-order valence-corrected chi connectivity index (χ2v) is 9.61. The first-order chi connectivity index (χ1) is 15.5. The lowest BCUT2D eigenvalue weighted by Crippen LogP contribution is -2.41. The number of hydrogen-bond donors (Lipinski definition) is 1. The van der Waals surface area contributed by atoms with E-state index in [9.17, 15) is 18.4 Å². The van der Waals surface area contributed by atoms with Gasteiger partial charge in [0.2, 0.25) is 0 Å². The number of ether oxygens (including phenoxy) is 1. The molecule has 2 N–H and O–H groups in total. The van der Waals surface area contributed by atoms with Crippen LogP contribution in [0.4, 0.5) is 19.3 Å². The quantitative estimate of drug-likeness (QED) is 0.490. The van der Waals surface area contributed by atoms with Crippen LogP contribution in [0.3, 0.4) is 0 Å². The molecule has 0 saturated heterocycles. The average Bonchev–Trinajstić information content (AvgIpc) is 2.70. The minimum Gasteiger partial charge on any atom is -0.487 e. The Morgan fingerprint density at radius 3 is 2.21 bits per heavy atom. The third-order valence-corrected chi connectivity index (χ3v) is 6.63. The maximum Gasteiger partial charge on any atom is 0.326 e. The van der Waals surface area contributed by atoms with Gasteiger partial charge in [-0.05, 0) is 54.9 Å². The van der Waals surface area contributed by atoms with Gasteiger partial charge in [0.25, 0.3) is 5.91 Å². The van der Waals surface area contributed by atoms with E-state index >= 15 is 0 Å². The van der Waals surface area contributed by atoms with Crippen LogP contribution >= 0.6 is 23.2 Å². The minimum absolute atomic E-state index is 0.0475. The summed E-state index contributed by atoms with van der Waals surface area (Å²) < 4.78 is 34.5. The van der Waals surface area contributed by atoms with Crippen molar-refractivity contribution >= 4 is 40.8 Å². The first-order valence-corrected chi connectivity index (χ1v) is 11.5. The highest BCUT2D eigenvalue weighted by Crippen LogP contribution is 2.42. The van der Waals surface area contributed by atoms with Gasteiger partial charge in [0, 0.05) is 0 Å². The van der Waals surface area contributed by atoms with E-state index in [4.69, 9.17) is 33.7 Å². The molecule has 0 bridgehead atoms. The molecule has 0 aromatic heterocycles. The molecule has 1 saturated carbocycles. The summed E-state index contributed by atoms with van der Waals surface area (Å²) in [5.74, 6) is -2.11. The summed E-state index contributed by atoms with van der Waals surface area (Å²) in [6.45, 7) is 6.44. The molecule has 1 aliphatic rings. The summed E-state index contributed by atoms with van der Waals surface area (Å²) in [7, 11) is 0. The van der Waals surface area contributed by atoms with E-state index in [2.05, 4.69) is 20.8 Å². The molecular formula is C24H26Cl2F2N2O3. The highest BCUT2D eigenvalue weighted by atomic mass is 35.5. The number of carbonyl (C=O) groups excluding carboxylic acids is 2. The smallest absolute Gasteiger partial charge is 0.326 e. The Morgan fingerprint density at radius 2 is 1.70 bits per heavy atom. The number of imide groups is 1. The largest absolute Gasteiger partial charge is 0.487 e. The molecule has 2 aromatic carbocycles. The zero-order valence-electron chi connectivity index (χ0n) is 18.6. The predicted octanol–water partition coefficient (Wildman–Crippen LogP) is 6.84. The van der Waals surface area contributed by atoms with E-state index in [0.29, 0.717) is 22.7 Å². The fourth-order valence-electron chi connectivity index (χ4n) is 4.35. The molecule has 3 unspecified atom stereocenters. The van der Waals surface area contributed by atoms with E-state index in [1.165, 1.54) is 12.1 Å². The molecule has 9 heteroatoms. The first-order valence-electron chi connectivity index (χ1n) is 10.7. The second kappa shape index (κ2) is 10.3. The molecule has 1 aliphatic carbocycles. The summed E-state index contributed by atoms with van der Waals surface area (Å²) in [5.41, 5.74) is 4.32. The Hall–Kier alpha value is -2.38. The van der Waals surface area contributed by atoms with Gasteiger partial charge in [-0.3, -0.25) is 4.79 Å². The predicted molar refractivity (Wildman–Crippen MR) is 125 cm³/mol. The monoisotopic (exact) mass is 498 g/mol. The van der Waals surface area contributed by atoms with E-state index in [1.54, 1.807) is 0 Å². The van der Waals surface area contributed by atoms with E-state index in [-0.39, 0.29) is 27.6 Å². The van der Waals surface area contributed by atoms with Crippen LogP contribution in [0.1, 0.15) is 50.4 Å². The van der Waals surface area contributed by atoms with Crippen molar-refractivity contribution in [1.82, 2.24) is 0 Å². The maximum atomic E-state index is 14.1. The Labute approximate surface area is 201 Å². The number of amides is 3. The molecule has 0 spiro atoms. The van der Waals surface area contributed by atoms with Crippen molar-refractivity contribution in [3.05, 3.63) is 57.6 Å². The van der Waals surface area contributed by atoms with Gasteiger partial charge < -0.3 is 10.5 Å². The summed E-state index contributed by atoms with van der Waals surface area (Å²) in [5, 5.41) is 0.0950. The zero-order valence-corrected chi connectivity index (χ0v) is 20.1. The van der Waals surface area contributed by atoms with Crippen molar-refractivity contribution < 1.29 is 23.1 Å². The Bertz CT molecular complexity index is 1020. The number of primary amides is 1. The summed E-state index contributed by atoms with van der Waals surface area (Å²) in [4.78, 5) is 25.3. The molecular weight excluding hydrogens is 473 g/mol. The van der Waals surface area contributed by atoms with Crippen LogP contribution in [0, 0.1) is 29.4 Å². The van der Waals surface area contributed by atoms with Crippen molar-refractivity contribution in [2.45, 2.75) is 46.1 Å². The average molecular weight is 499 g/mol. The number of rotatable bonds is 5. The fraction of sp³-hybridized carbons (Fsp3) is 0.417. The lowest BCUT2D eigenvalue weighted by atomic mass is 9.75. The molecule has 178 valence electrons. The lowest BCUT2D eigenvalue weighted by Gasteiger charge is -2.37. The van der Waals surface area contributed by atoms with Gasteiger partial charge in [0.05, 0.1) is 15.7 Å². The number of nitrogens with two attached hydrogens (primary N) is 1. The molecule has 1 fully saturated rings. The fourth-order valence-corrected chi connectivity index (χ4v) is 4.91. The van der Waals surface area contributed by atoms with Crippen molar-refractivity contribution in [2.75, 3.05) is 4.90 Å². The Balaban J connectivity index is 1.96. The number of nitrogens with zero attached hydrogens (tertiary/aromatic N) is 1. The van der Waals surface area contributed by atoms with Crippen LogP contribution < -0.4 is 15.4 Å². The van der Waals surface area contributed by atoms with Crippen LogP contribution in [-0.2, 0) is 0 Å². The third-order valence-electron chi connectivity index (χ3n) is 6.07. The summed E-state index contributed by atoms with van der Waals surface area (Å²) in [6, 6.07) is 4.20. The van der Waals surface area contributed by atoms with Gasteiger partial charge >= 0.3 is 6.03 Å². The van der Waals surface area contributed by atoms with E-state index in [0.717, 1.165) is 37.5 Å². The molecule has 3 atom stereocenters. The summed E-state index contributed by atoms with van der Waals surface area (Å²) >= 11 is 12.9. The molecule has 0 radical (unpaired) electrons. The highest BCUT2D eigenvalue weighted by Gasteiger charge is 2.34. The number of benzene rings is 2. The van der Waals surface area contributed by atoms with Gasteiger partial charge in [-0.1, -0.05) is 56.5 Å². The van der Waals surface area contributed by atoms with Crippen LogP contribution in [-0.4, -0.2) is 18.0 Å². The normalized spacial score (nSPS) is 20.5. The van der Waals surface area contributed by atoms with Gasteiger partial charge in [0.15, 0.2) is 5.75 Å². The molecule has 33 heavy (non-hydrogen) atoms. The molecule has 0 aliphatic heterocycles. The molecule has 5 nitrogen and oxygen atoms in total. The molecule has 3 rings (SSSR count). The Kier molecular flexibility index (Phi) is 7.85. The number of urea groups is 1. The van der Waals surface area contributed by atoms with E-state index < -0.39 is 29.1 Å². The number of anilines is 1. The van der Waals surface area contributed by atoms with Crippen LogP contribution in [0.5, 0.6) is 5.75 Å². The van der Waals surface area contributed by atoms with Gasteiger partial charge in [0.1, 0.15) is 23.3 Å². The molecule has 2 aromatic rings. The summed E-state index contributed by atoms with van der Waals surface area (Å²) in [6.07, 6.45) is 2.88. The van der Waals surface area contributed by atoms with Crippen LogP contribution in [0.15, 0.2) is 30.3 Å². The van der Waals surface area contributed by atoms with Gasteiger partial charge in [-0.2, -0.15) is 0 Å². The Morgan fingerprint density at radius 1 is 1.12 bits per heavy atom. The molecule has 3 amide bonds. The van der Waals surface area contributed by atoms with Crippen molar-refractivity contribution in [1.29, 1.82) is 0 Å². The van der Waals surface area contributed by atoms with Crippen LogP contribution in [0.25, 0.3) is 0 Å². The van der Waals surface area contributed by atoms with Gasteiger partial charge in [-0.15, -0.1) is 0 Å². The molecule has 0 heterocycles. The second-order valence-electron chi connectivity index (χ2n) is 8.80. The SMILES string of the molecule is CC1CCC(C(C)C)C(Oc2c(Cl)cc(N(C(N)=O)C(=O)c3c(F)cccc3F)cc2Cl)C1. The number of carbonyl (C=O) groups is 2. The standard InChI is InChI=1S/C24H26Cl2F2N2O3/c1-12(2)15-8-7-13(3)9-20(15)33-22-16(25)10-14(11-17(22)26)30(24(29)32)23(31)21-18(27)5-4-6-19(21)28/h4-6,10-13,15,20H,7-9H2,1-3H3,(H2,29,32). The number of halogens is 4. The van der Waals surface area contributed by atoms with Gasteiger partial charge in [-0.25, -0.2) is 18.5 Å². The number of hydrogen-bond acceptors (Lipinski definition) is 3. The highest BCUT2D eigenvalue weighted by molar-refractivity contribution is 6.38.